The van der Waals surface area contributed by atoms with Gasteiger partial charge in [-0.2, -0.15) is 0 Å². The molecule has 0 spiro atoms. The van der Waals surface area contributed by atoms with Crippen molar-refractivity contribution in [2.75, 3.05) is 38.1 Å². The van der Waals surface area contributed by atoms with Crippen LogP contribution in [0.1, 0.15) is 0 Å². The van der Waals surface area contributed by atoms with E-state index in [1.807, 2.05) is 30.6 Å². The third-order valence-corrected chi connectivity index (χ3v) is 3.52. The standard InChI is InChI=1S/C15H18N4/c1-18-7-9-19(10-8-18)15-12-16-11-14(17-15)13-5-3-2-4-6-13/h2-6,11-12H,7-10H2,1H3. The second kappa shape index (κ2) is 5.36. The van der Waals surface area contributed by atoms with E-state index in [4.69, 9.17) is 4.98 Å². The van der Waals surface area contributed by atoms with Crippen molar-refractivity contribution in [1.29, 1.82) is 0 Å². The van der Waals surface area contributed by atoms with E-state index in [0.29, 0.717) is 0 Å². The van der Waals surface area contributed by atoms with Crippen LogP contribution in [0.15, 0.2) is 42.7 Å². The molecular weight excluding hydrogens is 236 g/mol. The van der Waals surface area contributed by atoms with E-state index >= 15 is 0 Å². The topological polar surface area (TPSA) is 32.3 Å². The van der Waals surface area contributed by atoms with Gasteiger partial charge in [0.2, 0.25) is 0 Å². The number of piperazine rings is 1. The van der Waals surface area contributed by atoms with Gasteiger partial charge >= 0.3 is 0 Å². The third kappa shape index (κ3) is 2.74. The quantitative estimate of drug-likeness (QED) is 0.819. The van der Waals surface area contributed by atoms with E-state index < -0.39 is 0 Å². The zero-order valence-electron chi connectivity index (χ0n) is 11.2. The lowest BCUT2D eigenvalue weighted by Gasteiger charge is -2.33. The minimum atomic E-state index is 0.942. The fourth-order valence-electron chi connectivity index (χ4n) is 2.29. The molecule has 0 bridgehead atoms. The summed E-state index contributed by atoms with van der Waals surface area (Å²) >= 11 is 0. The predicted molar refractivity (Wildman–Crippen MR) is 77.2 cm³/mol. The highest BCUT2D eigenvalue weighted by Gasteiger charge is 2.15. The minimum Gasteiger partial charge on any atom is -0.353 e. The van der Waals surface area contributed by atoms with Crippen LogP contribution >= 0.6 is 0 Å². The average Bonchev–Trinajstić information content (AvgIpc) is 2.49. The second-order valence-corrected chi connectivity index (χ2v) is 4.92. The van der Waals surface area contributed by atoms with Crippen molar-refractivity contribution in [2.45, 2.75) is 0 Å². The van der Waals surface area contributed by atoms with Gasteiger partial charge < -0.3 is 9.80 Å². The van der Waals surface area contributed by atoms with Gasteiger partial charge in [-0.1, -0.05) is 30.3 Å². The number of nitrogens with zero attached hydrogens (tertiary/aromatic N) is 4. The van der Waals surface area contributed by atoms with Crippen molar-refractivity contribution in [3.05, 3.63) is 42.7 Å². The number of likely N-dealkylation sites (N-methyl/N-ethyl adjacent to an activating group) is 1. The molecule has 4 heteroatoms. The van der Waals surface area contributed by atoms with E-state index in [1.165, 1.54) is 0 Å². The summed E-state index contributed by atoms with van der Waals surface area (Å²) in [6.45, 7) is 4.20. The van der Waals surface area contributed by atoms with Crippen molar-refractivity contribution in [3.63, 3.8) is 0 Å². The van der Waals surface area contributed by atoms with E-state index in [9.17, 15) is 0 Å². The maximum Gasteiger partial charge on any atom is 0.147 e. The molecule has 0 saturated carbocycles. The smallest absolute Gasteiger partial charge is 0.147 e. The first kappa shape index (κ1) is 12.1. The summed E-state index contributed by atoms with van der Waals surface area (Å²) < 4.78 is 0. The largest absolute Gasteiger partial charge is 0.353 e. The summed E-state index contributed by atoms with van der Waals surface area (Å²) in [7, 11) is 2.16. The lowest BCUT2D eigenvalue weighted by Crippen LogP contribution is -2.44. The molecule has 0 aliphatic carbocycles. The molecule has 0 radical (unpaired) electrons. The highest BCUT2D eigenvalue weighted by atomic mass is 15.3. The average molecular weight is 254 g/mol. The van der Waals surface area contributed by atoms with Crippen LogP contribution in [0.25, 0.3) is 11.3 Å². The Balaban J connectivity index is 1.84. The molecule has 1 aliphatic rings. The summed E-state index contributed by atoms with van der Waals surface area (Å²) in [5.74, 6) is 0.981. The van der Waals surface area contributed by atoms with Gasteiger partial charge in [0.15, 0.2) is 0 Å². The number of aromatic nitrogens is 2. The highest BCUT2D eigenvalue weighted by molar-refractivity contribution is 5.59. The Bertz CT molecular complexity index is 533. The molecule has 1 aromatic heterocycles. The molecule has 1 aliphatic heterocycles. The van der Waals surface area contributed by atoms with Crippen LogP contribution in [0.3, 0.4) is 0 Å². The number of hydrogen-bond acceptors (Lipinski definition) is 4. The molecule has 0 amide bonds. The molecule has 0 N–H and O–H groups in total. The molecule has 1 fully saturated rings. The van der Waals surface area contributed by atoms with Gasteiger partial charge in [0.25, 0.3) is 0 Å². The first-order valence-electron chi connectivity index (χ1n) is 6.64. The van der Waals surface area contributed by atoms with Crippen LogP contribution in [0, 0.1) is 0 Å². The zero-order chi connectivity index (χ0) is 13.1. The van der Waals surface area contributed by atoms with Gasteiger partial charge in [-0.3, -0.25) is 4.98 Å². The summed E-state index contributed by atoms with van der Waals surface area (Å²) in [6.07, 6.45) is 3.69. The SMILES string of the molecule is CN1CCN(c2cncc(-c3ccccc3)n2)CC1. The Hall–Kier alpha value is -1.94. The van der Waals surface area contributed by atoms with Gasteiger partial charge in [0, 0.05) is 31.7 Å². The van der Waals surface area contributed by atoms with Crippen molar-refractivity contribution < 1.29 is 0 Å². The normalized spacial score (nSPS) is 16.6. The molecule has 1 aromatic carbocycles. The molecule has 2 aromatic rings. The Morgan fingerprint density at radius 3 is 2.42 bits per heavy atom. The number of hydrogen-bond donors (Lipinski definition) is 0. The van der Waals surface area contributed by atoms with Gasteiger partial charge in [0.05, 0.1) is 18.1 Å². The molecule has 1 saturated heterocycles. The van der Waals surface area contributed by atoms with Crippen LogP contribution in [0.4, 0.5) is 5.82 Å². The predicted octanol–water partition coefficient (Wildman–Crippen LogP) is 1.90. The summed E-state index contributed by atoms with van der Waals surface area (Å²) in [6, 6.07) is 10.2. The van der Waals surface area contributed by atoms with Crippen LogP contribution in [-0.2, 0) is 0 Å². The van der Waals surface area contributed by atoms with Crippen LogP contribution < -0.4 is 4.90 Å². The van der Waals surface area contributed by atoms with E-state index in [0.717, 1.165) is 43.3 Å². The van der Waals surface area contributed by atoms with E-state index in [-0.39, 0.29) is 0 Å². The van der Waals surface area contributed by atoms with Gasteiger partial charge in [-0.05, 0) is 7.05 Å². The van der Waals surface area contributed by atoms with Gasteiger partial charge in [0.1, 0.15) is 5.82 Å². The molecule has 4 nitrogen and oxygen atoms in total. The Morgan fingerprint density at radius 2 is 1.68 bits per heavy atom. The fraction of sp³-hybridized carbons (Fsp3) is 0.333. The lowest BCUT2D eigenvalue weighted by molar-refractivity contribution is 0.312. The summed E-state index contributed by atoms with van der Waals surface area (Å²) in [4.78, 5) is 13.7. The maximum absolute atomic E-state index is 4.74. The molecule has 3 rings (SSSR count). The fourth-order valence-corrected chi connectivity index (χ4v) is 2.29. The minimum absolute atomic E-state index is 0.942. The first-order chi connectivity index (χ1) is 9.33. The molecule has 0 unspecified atom stereocenters. The molecule has 19 heavy (non-hydrogen) atoms. The number of anilines is 1. The van der Waals surface area contributed by atoms with Crippen LogP contribution in [0.2, 0.25) is 0 Å². The third-order valence-electron chi connectivity index (χ3n) is 3.52. The summed E-state index contributed by atoms with van der Waals surface area (Å²) in [5.41, 5.74) is 2.06. The Morgan fingerprint density at radius 1 is 0.947 bits per heavy atom. The maximum atomic E-state index is 4.74. The molecule has 0 atom stereocenters. The Labute approximate surface area is 113 Å². The second-order valence-electron chi connectivity index (χ2n) is 4.92. The first-order valence-corrected chi connectivity index (χ1v) is 6.64. The lowest BCUT2D eigenvalue weighted by atomic mass is 10.2. The van der Waals surface area contributed by atoms with Crippen LogP contribution in [-0.4, -0.2) is 48.1 Å². The molecule has 2 heterocycles. The van der Waals surface area contributed by atoms with Gasteiger partial charge in [-0.25, -0.2) is 4.98 Å². The monoisotopic (exact) mass is 254 g/mol. The Kier molecular flexibility index (Phi) is 3.42. The molecular formula is C15H18N4. The molecule has 98 valence electrons. The number of benzene rings is 1. The zero-order valence-corrected chi connectivity index (χ0v) is 11.2. The highest BCUT2D eigenvalue weighted by Crippen LogP contribution is 2.19. The van der Waals surface area contributed by atoms with E-state index in [1.54, 1.807) is 0 Å². The van der Waals surface area contributed by atoms with Crippen molar-refractivity contribution >= 4 is 5.82 Å². The van der Waals surface area contributed by atoms with Crippen molar-refractivity contribution in [1.82, 2.24) is 14.9 Å². The number of rotatable bonds is 2. The van der Waals surface area contributed by atoms with Crippen molar-refractivity contribution in [3.8, 4) is 11.3 Å². The van der Waals surface area contributed by atoms with E-state index in [2.05, 4.69) is 34.0 Å². The van der Waals surface area contributed by atoms with Crippen molar-refractivity contribution in [2.24, 2.45) is 0 Å². The van der Waals surface area contributed by atoms with Gasteiger partial charge in [-0.15, -0.1) is 0 Å². The van der Waals surface area contributed by atoms with Crippen LogP contribution in [0.5, 0.6) is 0 Å². The summed E-state index contributed by atoms with van der Waals surface area (Å²) in [5, 5.41) is 0.